The van der Waals surface area contributed by atoms with Crippen LogP contribution in [0.5, 0.6) is 0 Å². The molecule has 1 aromatic carbocycles. The van der Waals surface area contributed by atoms with E-state index in [1.165, 1.54) is 24.8 Å². The third kappa shape index (κ3) is 4.64. The second-order valence-electron chi connectivity index (χ2n) is 6.96. The number of nitrogens with one attached hydrogen (secondary N) is 1. The van der Waals surface area contributed by atoms with Crippen LogP contribution in [0.4, 0.5) is 0 Å². The molecule has 2 unspecified atom stereocenters. The molecule has 2 fully saturated rings. The van der Waals surface area contributed by atoms with E-state index in [2.05, 4.69) is 11.4 Å². The maximum absolute atomic E-state index is 6.26. The SMILES string of the molecule is Clc1ccc(C2(CCCOC3CCCCO3)CCCNC2)cc1Cl. The number of rotatable bonds is 6. The minimum atomic E-state index is 0.00385. The zero-order chi connectivity index (χ0) is 16.8. The summed E-state index contributed by atoms with van der Waals surface area (Å²) < 4.78 is 11.5. The van der Waals surface area contributed by atoms with E-state index in [0.29, 0.717) is 10.0 Å². The molecule has 0 bridgehead atoms. The van der Waals surface area contributed by atoms with Crippen molar-refractivity contribution in [3.63, 3.8) is 0 Å². The Kier molecular flexibility index (Phi) is 6.82. The fourth-order valence-electron chi connectivity index (χ4n) is 3.87. The summed E-state index contributed by atoms with van der Waals surface area (Å²) in [6.07, 6.45) is 7.88. The first kappa shape index (κ1) is 18.5. The molecule has 2 aliphatic heterocycles. The van der Waals surface area contributed by atoms with E-state index in [1.54, 1.807) is 0 Å². The molecule has 3 nitrogen and oxygen atoms in total. The molecule has 24 heavy (non-hydrogen) atoms. The second kappa shape index (κ2) is 8.86. The molecule has 0 aromatic heterocycles. The second-order valence-corrected chi connectivity index (χ2v) is 7.77. The monoisotopic (exact) mass is 371 g/mol. The summed E-state index contributed by atoms with van der Waals surface area (Å²) in [6.45, 7) is 3.68. The lowest BCUT2D eigenvalue weighted by Gasteiger charge is -2.39. The van der Waals surface area contributed by atoms with Crippen molar-refractivity contribution < 1.29 is 9.47 Å². The summed E-state index contributed by atoms with van der Waals surface area (Å²) in [5.74, 6) is 0. The molecule has 0 radical (unpaired) electrons. The quantitative estimate of drug-likeness (QED) is 0.718. The number of halogens is 2. The Bertz CT molecular complexity index is 526. The molecule has 3 rings (SSSR count). The van der Waals surface area contributed by atoms with Crippen LogP contribution in [0.15, 0.2) is 18.2 Å². The Balaban J connectivity index is 1.59. The van der Waals surface area contributed by atoms with Crippen LogP contribution in [0.3, 0.4) is 0 Å². The Hall–Kier alpha value is -0.320. The van der Waals surface area contributed by atoms with Crippen molar-refractivity contribution in [2.24, 2.45) is 0 Å². The lowest BCUT2D eigenvalue weighted by molar-refractivity contribution is -0.163. The van der Waals surface area contributed by atoms with E-state index in [1.807, 2.05) is 12.1 Å². The molecule has 0 spiro atoms. The van der Waals surface area contributed by atoms with Crippen molar-refractivity contribution in [3.05, 3.63) is 33.8 Å². The zero-order valence-corrected chi connectivity index (χ0v) is 15.7. The Morgan fingerprint density at radius 1 is 1.21 bits per heavy atom. The molecule has 2 saturated heterocycles. The molecule has 0 aliphatic carbocycles. The lowest BCUT2D eigenvalue weighted by atomic mass is 9.71. The third-order valence-corrected chi connectivity index (χ3v) is 5.98. The van der Waals surface area contributed by atoms with Crippen LogP contribution >= 0.6 is 23.2 Å². The molecule has 1 aromatic rings. The maximum atomic E-state index is 6.26. The first-order chi connectivity index (χ1) is 11.7. The number of benzene rings is 1. The van der Waals surface area contributed by atoms with Gasteiger partial charge in [0.15, 0.2) is 6.29 Å². The summed E-state index contributed by atoms with van der Waals surface area (Å²) in [5.41, 5.74) is 1.42. The predicted molar refractivity (Wildman–Crippen MR) is 99.0 cm³/mol. The van der Waals surface area contributed by atoms with Crippen LogP contribution in [0.1, 0.15) is 50.5 Å². The van der Waals surface area contributed by atoms with Gasteiger partial charge in [-0.05, 0) is 69.2 Å². The highest BCUT2D eigenvalue weighted by atomic mass is 35.5. The van der Waals surface area contributed by atoms with Gasteiger partial charge in [-0.3, -0.25) is 0 Å². The molecule has 2 heterocycles. The first-order valence-electron chi connectivity index (χ1n) is 9.09. The van der Waals surface area contributed by atoms with E-state index in [-0.39, 0.29) is 11.7 Å². The molecule has 0 amide bonds. The summed E-state index contributed by atoms with van der Waals surface area (Å²) in [4.78, 5) is 0. The number of piperidine rings is 1. The van der Waals surface area contributed by atoms with Crippen molar-refractivity contribution >= 4 is 23.2 Å². The van der Waals surface area contributed by atoms with Gasteiger partial charge < -0.3 is 14.8 Å². The minimum Gasteiger partial charge on any atom is -0.353 e. The van der Waals surface area contributed by atoms with E-state index in [0.717, 1.165) is 52.0 Å². The van der Waals surface area contributed by atoms with Gasteiger partial charge in [0, 0.05) is 25.2 Å². The van der Waals surface area contributed by atoms with E-state index >= 15 is 0 Å². The van der Waals surface area contributed by atoms with Crippen molar-refractivity contribution in [2.45, 2.75) is 56.7 Å². The average molecular weight is 372 g/mol. The normalized spacial score (nSPS) is 28.0. The highest BCUT2D eigenvalue weighted by molar-refractivity contribution is 6.42. The zero-order valence-electron chi connectivity index (χ0n) is 14.2. The van der Waals surface area contributed by atoms with Crippen LogP contribution in [-0.2, 0) is 14.9 Å². The highest BCUT2D eigenvalue weighted by Crippen LogP contribution is 2.38. The minimum absolute atomic E-state index is 0.00385. The van der Waals surface area contributed by atoms with E-state index in [9.17, 15) is 0 Å². The van der Waals surface area contributed by atoms with Crippen molar-refractivity contribution in [2.75, 3.05) is 26.3 Å². The molecule has 5 heteroatoms. The number of ether oxygens (including phenoxy) is 2. The fourth-order valence-corrected chi connectivity index (χ4v) is 4.16. The van der Waals surface area contributed by atoms with Gasteiger partial charge in [-0.2, -0.15) is 0 Å². The van der Waals surface area contributed by atoms with Gasteiger partial charge in [-0.1, -0.05) is 29.3 Å². The maximum Gasteiger partial charge on any atom is 0.157 e. The topological polar surface area (TPSA) is 30.5 Å². The summed E-state index contributed by atoms with van der Waals surface area (Å²) in [7, 11) is 0. The van der Waals surface area contributed by atoms with Gasteiger partial charge in [0.05, 0.1) is 10.0 Å². The Labute approximate surface area is 155 Å². The van der Waals surface area contributed by atoms with Crippen LogP contribution in [0.2, 0.25) is 10.0 Å². The molecule has 2 aliphatic rings. The van der Waals surface area contributed by atoms with Gasteiger partial charge >= 0.3 is 0 Å². The van der Waals surface area contributed by atoms with Crippen LogP contribution in [0.25, 0.3) is 0 Å². The summed E-state index contributed by atoms with van der Waals surface area (Å²) >= 11 is 12.4. The van der Waals surface area contributed by atoms with Crippen LogP contribution in [0, 0.1) is 0 Å². The Morgan fingerprint density at radius 3 is 2.83 bits per heavy atom. The first-order valence-corrected chi connectivity index (χ1v) is 9.85. The Morgan fingerprint density at radius 2 is 2.12 bits per heavy atom. The average Bonchev–Trinajstić information content (AvgIpc) is 2.63. The van der Waals surface area contributed by atoms with Gasteiger partial charge in [0.25, 0.3) is 0 Å². The van der Waals surface area contributed by atoms with Gasteiger partial charge in [-0.25, -0.2) is 0 Å². The van der Waals surface area contributed by atoms with Gasteiger partial charge in [0.1, 0.15) is 0 Å². The third-order valence-electron chi connectivity index (χ3n) is 5.25. The number of hydrogen-bond donors (Lipinski definition) is 1. The summed E-state index contributed by atoms with van der Waals surface area (Å²) in [5, 5.41) is 4.82. The predicted octanol–water partition coefficient (Wildman–Crippen LogP) is 4.94. The van der Waals surface area contributed by atoms with E-state index in [4.69, 9.17) is 32.7 Å². The van der Waals surface area contributed by atoms with E-state index < -0.39 is 0 Å². The molecule has 1 N–H and O–H groups in total. The molecular weight excluding hydrogens is 345 g/mol. The smallest absolute Gasteiger partial charge is 0.157 e. The molecule has 0 saturated carbocycles. The number of hydrogen-bond acceptors (Lipinski definition) is 3. The van der Waals surface area contributed by atoms with Crippen LogP contribution in [-0.4, -0.2) is 32.6 Å². The standard InChI is InChI=1S/C19H27Cl2NO2/c20-16-7-6-15(13-17(16)21)19(8-3-10-22-14-19)9-4-12-24-18-5-1-2-11-23-18/h6-7,13,18,22H,1-5,8-12,14H2. The van der Waals surface area contributed by atoms with Gasteiger partial charge in [0.2, 0.25) is 0 Å². The fraction of sp³-hybridized carbons (Fsp3) is 0.684. The van der Waals surface area contributed by atoms with Gasteiger partial charge in [-0.15, -0.1) is 0 Å². The van der Waals surface area contributed by atoms with Crippen molar-refractivity contribution in [1.82, 2.24) is 5.32 Å². The van der Waals surface area contributed by atoms with Crippen LogP contribution < -0.4 is 5.32 Å². The molecule has 2 atom stereocenters. The summed E-state index contributed by atoms with van der Waals surface area (Å²) in [6, 6.07) is 6.09. The largest absolute Gasteiger partial charge is 0.353 e. The lowest BCUT2D eigenvalue weighted by Crippen LogP contribution is -2.43. The van der Waals surface area contributed by atoms with Crippen molar-refractivity contribution in [3.8, 4) is 0 Å². The highest BCUT2D eigenvalue weighted by Gasteiger charge is 2.33. The molecular formula is C19H27Cl2NO2. The molecule has 134 valence electrons. The van der Waals surface area contributed by atoms with Crippen molar-refractivity contribution in [1.29, 1.82) is 0 Å².